The molecule has 0 saturated carbocycles. The van der Waals surface area contributed by atoms with Crippen molar-refractivity contribution in [1.29, 1.82) is 0 Å². The van der Waals surface area contributed by atoms with Gasteiger partial charge in [-0.3, -0.25) is 9.59 Å². The van der Waals surface area contributed by atoms with Crippen molar-refractivity contribution in [2.45, 2.75) is 19.3 Å². The second kappa shape index (κ2) is 9.98. The zero-order valence-electron chi connectivity index (χ0n) is 14.4. The number of carbonyl (C=O) groups excluding carboxylic acids is 2. The zero-order chi connectivity index (χ0) is 18.8. The molecule has 3 N–H and O–H groups in total. The average molecular weight is 354 g/mol. The number of benzene rings is 2. The summed E-state index contributed by atoms with van der Waals surface area (Å²) in [5, 5.41) is 14.4. The van der Waals surface area contributed by atoms with Gasteiger partial charge >= 0.3 is 5.97 Å². The Labute approximate surface area is 152 Å². The van der Waals surface area contributed by atoms with Gasteiger partial charge in [0.25, 0.3) is 5.91 Å². The summed E-state index contributed by atoms with van der Waals surface area (Å²) in [6.07, 6.45) is 1.54. The molecule has 0 saturated heterocycles. The van der Waals surface area contributed by atoms with Crippen LogP contribution in [0.1, 0.15) is 39.1 Å². The van der Waals surface area contributed by atoms with Crippen molar-refractivity contribution in [1.82, 2.24) is 10.6 Å². The predicted octanol–water partition coefficient (Wildman–Crippen LogP) is 2.25. The van der Waals surface area contributed by atoms with E-state index in [1.54, 1.807) is 48.5 Å². The SMILES string of the molecule is O=C(CCCNC(=O)c1ccccc1)NCCc1ccc(C(=O)O)cc1. The Bertz CT molecular complexity index is 742. The number of amides is 2. The second-order valence-electron chi connectivity index (χ2n) is 5.83. The number of rotatable bonds is 9. The molecule has 2 aromatic rings. The van der Waals surface area contributed by atoms with E-state index in [9.17, 15) is 14.4 Å². The van der Waals surface area contributed by atoms with Crippen LogP contribution in [0.5, 0.6) is 0 Å². The van der Waals surface area contributed by atoms with Crippen LogP contribution >= 0.6 is 0 Å². The normalized spacial score (nSPS) is 10.2. The van der Waals surface area contributed by atoms with E-state index in [2.05, 4.69) is 10.6 Å². The van der Waals surface area contributed by atoms with Crippen molar-refractivity contribution in [3.8, 4) is 0 Å². The lowest BCUT2D eigenvalue weighted by atomic mass is 10.1. The topological polar surface area (TPSA) is 95.5 Å². The molecule has 26 heavy (non-hydrogen) atoms. The molecule has 0 unspecified atom stereocenters. The van der Waals surface area contributed by atoms with E-state index >= 15 is 0 Å². The number of aromatic carboxylic acids is 1. The summed E-state index contributed by atoms with van der Waals surface area (Å²) < 4.78 is 0. The molecule has 0 bridgehead atoms. The summed E-state index contributed by atoms with van der Waals surface area (Å²) in [6, 6.07) is 15.5. The first-order valence-corrected chi connectivity index (χ1v) is 8.48. The van der Waals surface area contributed by atoms with E-state index in [-0.39, 0.29) is 17.4 Å². The summed E-state index contributed by atoms with van der Waals surface area (Å²) in [6.45, 7) is 0.930. The van der Waals surface area contributed by atoms with Gasteiger partial charge in [-0.15, -0.1) is 0 Å². The third-order valence-corrected chi connectivity index (χ3v) is 3.84. The van der Waals surface area contributed by atoms with Crippen molar-refractivity contribution in [2.24, 2.45) is 0 Å². The maximum absolute atomic E-state index is 11.8. The van der Waals surface area contributed by atoms with Gasteiger partial charge in [-0.1, -0.05) is 30.3 Å². The van der Waals surface area contributed by atoms with Crippen molar-refractivity contribution in [3.63, 3.8) is 0 Å². The van der Waals surface area contributed by atoms with E-state index in [1.807, 2.05) is 6.07 Å². The number of carboxylic acid groups (broad SMARTS) is 1. The highest BCUT2D eigenvalue weighted by Crippen LogP contribution is 2.05. The Hall–Kier alpha value is -3.15. The molecule has 2 aromatic carbocycles. The van der Waals surface area contributed by atoms with Gasteiger partial charge in [0.2, 0.25) is 5.91 Å². The maximum atomic E-state index is 11.8. The van der Waals surface area contributed by atoms with Crippen LogP contribution in [-0.2, 0) is 11.2 Å². The quantitative estimate of drug-likeness (QED) is 0.602. The molecule has 0 spiro atoms. The van der Waals surface area contributed by atoms with Gasteiger partial charge < -0.3 is 15.7 Å². The molecule has 0 aliphatic heterocycles. The molecule has 136 valence electrons. The van der Waals surface area contributed by atoms with Gasteiger partial charge in [0.1, 0.15) is 0 Å². The predicted molar refractivity (Wildman–Crippen MR) is 98.1 cm³/mol. The van der Waals surface area contributed by atoms with Crippen LogP contribution in [0.15, 0.2) is 54.6 Å². The molecule has 2 amide bonds. The number of hydrogen-bond donors (Lipinski definition) is 3. The summed E-state index contributed by atoms with van der Waals surface area (Å²) in [4.78, 5) is 34.4. The minimum atomic E-state index is -0.954. The fourth-order valence-corrected chi connectivity index (χ4v) is 2.39. The van der Waals surface area contributed by atoms with Crippen LogP contribution < -0.4 is 10.6 Å². The Morgan fingerprint density at radius 2 is 1.50 bits per heavy atom. The van der Waals surface area contributed by atoms with Crippen molar-refractivity contribution in [2.75, 3.05) is 13.1 Å². The lowest BCUT2D eigenvalue weighted by molar-refractivity contribution is -0.121. The molecular weight excluding hydrogens is 332 g/mol. The smallest absolute Gasteiger partial charge is 0.335 e. The van der Waals surface area contributed by atoms with Crippen LogP contribution in [0.4, 0.5) is 0 Å². The largest absolute Gasteiger partial charge is 0.478 e. The number of nitrogens with one attached hydrogen (secondary N) is 2. The van der Waals surface area contributed by atoms with E-state index in [4.69, 9.17) is 5.11 Å². The Balaban J connectivity index is 1.59. The third kappa shape index (κ3) is 6.39. The first kappa shape index (κ1) is 19.2. The van der Waals surface area contributed by atoms with Gasteiger partial charge in [0.05, 0.1) is 5.56 Å². The van der Waals surface area contributed by atoms with Crippen molar-refractivity contribution >= 4 is 17.8 Å². The minimum absolute atomic E-state index is 0.0684. The van der Waals surface area contributed by atoms with E-state index in [0.717, 1.165) is 5.56 Å². The lowest BCUT2D eigenvalue weighted by Crippen LogP contribution is -2.28. The number of hydrogen-bond acceptors (Lipinski definition) is 3. The van der Waals surface area contributed by atoms with Crippen molar-refractivity contribution in [3.05, 3.63) is 71.3 Å². The molecule has 2 rings (SSSR count). The van der Waals surface area contributed by atoms with Gasteiger partial charge in [-0.25, -0.2) is 4.79 Å². The molecule has 6 heteroatoms. The number of carboxylic acids is 1. The third-order valence-electron chi connectivity index (χ3n) is 3.84. The standard InChI is InChI=1S/C20H22N2O4/c23-18(7-4-13-22-19(24)16-5-2-1-3-6-16)21-14-12-15-8-10-17(11-9-15)20(25)26/h1-3,5-6,8-11H,4,7,12-14H2,(H,21,23)(H,22,24)(H,25,26). The Morgan fingerprint density at radius 1 is 0.808 bits per heavy atom. The van der Waals surface area contributed by atoms with Crippen LogP contribution in [0.2, 0.25) is 0 Å². The molecule has 0 radical (unpaired) electrons. The molecule has 0 aromatic heterocycles. The molecule has 0 atom stereocenters. The van der Waals surface area contributed by atoms with Crippen LogP contribution in [-0.4, -0.2) is 36.0 Å². The van der Waals surface area contributed by atoms with Gasteiger partial charge in [0.15, 0.2) is 0 Å². The van der Waals surface area contributed by atoms with E-state index in [0.29, 0.717) is 37.9 Å². The zero-order valence-corrected chi connectivity index (χ0v) is 14.4. The van der Waals surface area contributed by atoms with Crippen LogP contribution in [0.3, 0.4) is 0 Å². The van der Waals surface area contributed by atoms with Gasteiger partial charge in [-0.05, 0) is 42.7 Å². The molecule has 6 nitrogen and oxygen atoms in total. The fourth-order valence-electron chi connectivity index (χ4n) is 2.39. The van der Waals surface area contributed by atoms with Crippen molar-refractivity contribution < 1.29 is 19.5 Å². The van der Waals surface area contributed by atoms with Crippen LogP contribution in [0, 0.1) is 0 Å². The highest BCUT2D eigenvalue weighted by Gasteiger charge is 2.05. The minimum Gasteiger partial charge on any atom is -0.478 e. The Morgan fingerprint density at radius 3 is 2.15 bits per heavy atom. The first-order valence-electron chi connectivity index (χ1n) is 8.48. The summed E-state index contributed by atoms with van der Waals surface area (Å²) in [5.41, 5.74) is 1.81. The molecule has 0 heterocycles. The Kier molecular flexibility index (Phi) is 7.36. The molecule has 0 fully saturated rings. The monoisotopic (exact) mass is 354 g/mol. The summed E-state index contributed by atoms with van der Waals surface area (Å²) in [7, 11) is 0. The first-order chi connectivity index (χ1) is 12.6. The average Bonchev–Trinajstić information content (AvgIpc) is 2.66. The highest BCUT2D eigenvalue weighted by atomic mass is 16.4. The second-order valence-corrected chi connectivity index (χ2v) is 5.83. The van der Waals surface area contributed by atoms with Gasteiger partial charge in [0, 0.05) is 25.1 Å². The molecule has 0 aliphatic carbocycles. The highest BCUT2D eigenvalue weighted by molar-refractivity contribution is 5.94. The van der Waals surface area contributed by atoms with E-state index in [1.165, 1.54) is 0 Å². The fraction of sp³-hybridized carbons (Fsp3) is 0.250. The number of carbonyl (C=O) groups is 3. The van der Waals surface area contributed by atoms with Crippen LogP contribution in [0.25, 0.3) is 0 Å². The van der Waals surface area contributed by atoms with E-state index < -0.39 is 5.97 Å². The summed E-state index contributed by atoms with van der Waals surface area (Å²) in [5.74, 6) is -1.17. The molecular formula is C20H22N2O4. The maximum Gasteiger partial charge on any atom is 0.335 e. The summed E-state index contributed by atoms with van der Waals surface area (Å²) >= 11 is 0. The lowest BCUT2D eigenvalue weighted by Gasteiger charge is -2.07. The van der Waals surface area contributed by atoms with Gasteiger partial charge in [-0.2, -0.15) is 0 Å². The molecule has 0 aliphatic rings.